The number of rotatable bonds is 6. The first-order valence-electron chi connectivity index (χ1n) is 7.92. The molecule has 0 amide bonds. The van der Waals surface area contributed by atoms with E-state index in [2.05, 4.69) is 26.1 Å². The molecule has 0 spiro atoms. The highest BCUT2D eigenvalue weighted by Gasteiger charge is 2.31. The quantitative estimate of drug-likeness (QED) is 0.729. The van der Waals surface area contributed by atoms with Crippen molar-refractivity contribution in [2.24, 2.45) is 23.7 Å². The fourth-order valence-corrected chi connectivity index (χ4v) is 3.56. The lowest BCUT2D eigenvalue weighted by molar-refractivity contribution is 0.150. The Balaban J connectivity index is 1.82. The van der Waals surface area contributed by atoms with Gasteiger partial charge in [-0.15, -0.1) is 0 Å². The summed E-state index contributed by atoms with van der Waals surface area (Å²) in [6.07, 6.45) is 10.2. The fraction of sp³-hybridized carbons (Fsp3) is 1.00. The van der Waals surface area contributed by atoms with Crippen LogP contribution in [-0.2, 0) is 0 Å². The SMILES string of the molecule is CCC1CCC(CNC2CC2)C(CC(C)C)C1. The Labute approximate surface area is 108 Å². The van der Waals surface area contributed by atoms with Gasteiger partial charge in [0.05, 0.1) is 0 Å². The first kappa shape index (κ1) is 13.4. The van der Waals surface area contributed by atoms with Crippen LogP contribution in [0.5, 0.6) is 0 Å². The van der Waals surface area contributed by atoms with Crippen molar-refractivity contribution < 1.29 is 0 Å². The monoisotopic (exact) mass is 237 g/mol. The zero-order valence-electron chi connectivity index (χ0n) is 12.0. The Morgan fingerprint density at radius 3 is 2.41 bits per heavy atom. The first-order chi connectivity index (χ1) is 8.19. The second-order valence-electron chi connectivity index (χ2n) is 6.92. The maximum atomic E-state index is 3.76. The van der Waals surface area contributed by atoms with E-state index in [0.29, 0.717) is 0 Å². The smallest absolute Gasteiger partial charge is 0.00683 e. The van der Waals surface area contributed by atoms with Crippen molar-refractivity contribution in [2.75, 3.05) is 6.54 Å². The second kappa shape index (κ2) is 6.22. The molecule has 3 atom stereocenters. The van der Waals surface area contributed by atoms with Gasteiger partial charge < -0.3 is 5.32 Å². The van der Waals surface area contributed by atoms with Gasteiger partial charge in [0, 0.05) is 6.04 Å². The summed E-state index contributed by atoms with van der Waals surface area (Å²) in [7, 11) is 0. The molecule has 2 fully saturated rings. The normalized spacial score (nSPS) is 34.2. The van der Waals surface area contributed by atoms with Crippen molar-refractivity contribution in [3.8, 4) is 0 Å². The predicted octanol–water partition coefficient (Wildman–Crippen LogP) is 4.23. The zero-order chi connectivity index (χ0) is 12.3. The summed E-state index contributed by atoms with van der Waals surface area (Å²) < 4.78 is 0. The topological polar surface area (TPSA) is 12.0 Å². The van der Waals surface area contributed by atoms with Crippen molar-refractivity contribution in [3.63, 3.8) is 0 Å². The molecule has 0 aromatic carbocycles. The minimum Gasteiger partial charge on any atom is -0.314 e. The molecule has 1 nitrogen and oxygen atoms in total. The van der Waals surface area contributed by atoms with Gasteiger partial charge in [0.15, 0.2) is 0 Å². The summed E-state index contributed by atoms with van der Waals surface area (Å²) in [5, 5.41) is 3.76. The van der Waals surface area contributed by atoms with Gasteiger partial charge in [0.2, 0.25) is 0 Å². The van der Waals surface area contributed by atoms with Crippen LogP contribution < -0.4 is 5.32 Å². The third kappa shape index (κ3) is 4.28. The molecule has 0 aromatic heterocycles. The van der Waals surface area contributed by atoms with Gasteiger partial charge in [-0.05, 0) is 62.3 Å². The number of hydrogen-bond donors (Lipinski definition) is 1. The van der Waals surface area contributed by atoms with Gasteiger partial charge >= 0.3 is 0 Å². The standard InChI is InChI=1S/C16H31N/c1-4-13-5-6-14(11-17-16-7-8-16)15(10-13)9-12(2)3/h12-17H,4-11H2,1-3H3. The Bertz CT molecular complexity index is 220. The van der Waals surface area contributed by atoms with Crippen LogP contribution in [0.25, 0.3) is 0 Å². The van der Waals surface area contributed by atoms with Crippen LogP contribution in [0.2, 0.25) is 0 Å². The number of nitrogens with one attached hydrogen (secondary N) is 1. The van der Waals surface area contributed by atoms with E-state index in [1.54, 1.807) is 0 Å². The summed E-state index contributed by atoms with van der Waals surface area (Å²) in [4.78, 5) is 0. The van der Waals surface area contributed by atoms with Crippen molar-refractivity contribution in [2.45, 2.75) is 71.8 Å². The first-order valence-corrected chi connectivity index (χ1v) is 7.92. The van der Waals surface area contributed by atoms with Gasteiger partial charge in [-0.25, -0.2) is 0 Å². The van der Waals surface area contributed by atoms with Gasteiger partial charge in [-0.2, -0.15) is 0 Å². The van der Waals surface area contributed by atoms with Crippen LogP contribution in [0.3, 0.4) is 0 Å². The summed E-state index contributed by atoms with van der Waals surface area (Å²) in [5.74, 6) is 3.87. The Morgan fingerprint density at radius 1 is 1.06 bits per heavy atom. The highest BCUT2D eigenvalue weighted by molar-refractivity contribution is 4.86. The lowest BCUT2D eigenvalue weighted by atomic mass is 9.70. The molecule has 0 bridgehead atoms. The molecule has 2 rings (SSSR count). The maximum absolute atomic E-state index is 3.76. The number of hydrogen-bond acceptors (Lipinski definition) is 1. The largest absolute Gasteiger partial charge is 0.314 e. The molecule has 2 aliphatic carbocycles. The van der Waals surface area contributed by atoms with Crippen LogP contribution >= 0.6 is 0 Å². The second-order valence-corrected chi connectivity index (χ2v) is 6.92. The molecule has 2 saturated carbocycles. The van der Waals surface area contributed by atoms with Crippen molar-refractivity contribution in [3.05, 3.63) is 0 Å². The summed E-state index contributed by atoms with van der Waals surface area (Å²) in [6, 6.07) is 0.888. The van der Waals surface area contributed by atoms with Crippen molar-refractivity contribution >= 4 is 0 Å². The zero-order valence-corrected chi connectivity index (χ0v) is 12.0. The third-order valence-corrected chi connectivity index (χ3v) is 4.85. The third-order valence-electron chi connectivity index (χ3n) is 4.85. The van der Waals surface area contributed by atoms with Gasteiger partial charge in [-0.3, -0.25) is 0 Å². The molecule has 0 radical (unpaired) electrons. The lowest BCUT2D eigenvalue weighted by Crippen LogP contribution is -2.34. The van der Waals surface area contributed by atoms with Gasteiger partial charge in [-0.1, -0.05) is 33.6 Å². The van der Waals surface area contributed by atoms with Crippen LogP contribution in [0.4, 0.5) is 0 Å². The molecule has 0 aliphatic heterocycles. The average molecular weight is 237 g/mol. The van der Waals surface area contributed by atoms with E-state index in [0.717, 1.165) is 29.7 Å². The van der Waals surface area contributed by atoms with E-state index in [4.69, 9.17) is 0 Å². The summed E-state index contributed by atoms with van der Waals surface area (Å²) in [6.45, 7) is 8.46. The molecule has 2 aliphatic rings. The van der Waals surface area contributed by atoms with Crippen LogP contribution in [0, 0.1) is 23.7 Å². The molecule has 0 heterocycles. The van der Waals surface area contributed by atoms with Crippen molar-refractivity contribution in [1.82, 2.24) is 5.32 Å². The molecule has 0 saturated heterocycles. The lowest BCUT2D eigenvalue weighted by Gasteiger charge is -2.37. The molecular formula is C16H31N. The van der Waals surface area contributed by atoms with E-state index in [9.17, 15) is 0 Å². The van der Waals surface area contributed by atoms with E-state index in [1.807, 2.05) is 0 Å². The highest BCUT2D eigenvalue weighted by atomic mass is 14.9. The highest BCUT2D eigenvalue weighted by Crippen LogP contribution is 2.38. The molecule has 3 unspecified atom stereocenters. The van der Waals surface area contributed by atoms with Crippen LogP contribution in [-0.4, -0.2) is 12.6 Å². The molecule has 100 valence electrons. The van der Waals surface area contributed by atoms with Crippen LogP contribution in [0.1, 0.15) is 65.7 Å². The Kier molecular flexibility index (Phi) is 4.90. The maximum Gasteiger partial charge on any atom is 0.00683 e. The van der Waals surface area contributed by atoms with Crippen LogP contribution in [0.15, 0.2) is 0 Å². The predicted molar refractivity (Wildman–Crippen MR) is 75.1 cm³/mol. The molecular weight excluding hydrogens is 206 g/mol. The Morgan fingerprint density at radius 2 is 1.82 bits per heavy atom. The van der Waals surface area contributed by atoms with E-state index >= 15 is 0 Å². The van der Waals surface area contributed by atoms with E-state index < -0.39 is 0 Å². The average Bonchev–Trinajstić information content (AvgIpc) is 3.10. The summed E-state index contributed by atoms with van der Waals surface area (Å²) in [5.41, 5.74) is 0. The van der Waals surface area contributed by atoms with Gasteiger partial charge in [0.25, 0.3) is 0 Å². The molecule has 1 N–H and O–H groups in total. The molecule has 0 aromatic rings. The summed E-state index contributed by atoms with van der Waals surface area (Å²) >= 11 is 0. The fourth-order valence-electron chi connectivity index (χ4n) is 3.56. The van der Waals surface area contributed by atoms with E-state index in [-0.39, 0.29) is 0 Å². The minimum atomic E-state index is 0.874. The molecule has 1 heteroatoms. The van der Waals surface area contributed by atoms with Crippen molar-refractivity contribution in [1.29, 1.82) is 0 Å². The van der Waals surface area contributed by atoms with Gasteiger partial charge in [0.1, 0.15) is 0 Å². The Hall–Kier alpha value is -0.0400. The minimum absolute atomic E-state index is 0.874. The molecule has 17 heavy (non-hydrogen) atoms. The van der Waals surface area contributed by atoms with E-state index in [1.165, 1.54) is 51.5 Å².